The Labute approximate surface area is 173 Å². The Morgan fingerprint density at radius 2 is 1.83 bits per heavy atom. The van der Waals surface area contributed by atoms with Gasteiger partial charge in [-0.05, 0) is 37.6 Å². The third-order valence-corrected chi connectivity index (χ3v) is 4.78. The highest BCUT2D eigenvalue weighted by Gasteiger charge is 2.15. The maximum absolute atomic E-state index is 12.3. The van der Waals surface area contributed by atoms with Crippen molar-refractivity contribution in [1.29, 1.82) is 0 Å². The van der Waals surface area contributed by atoms with Gasteiger partial charge in [0.2, 0.25) is 5.91 Å². The molecule has 0 heterocycles. The van der Waals surface area contributed by atoms with Crippen LogP contribution in [0.1, 0.15) is 19.4 Å². The van der Waals surface area contributed by atoms with Gasteiger partial charge in [-0.2, -0.15) is 0 Å². The van der Waals surface area contributed by atoms with E-state index in [1.165, 1.54) is 24.9 Å². The molecule has 0 aromatic heterocycles. The Kier molecular flexibility index (Phi) is 8.60. The maximum atomic E-state index is 12.3. The first-order valence-electron chi connectivity index (χ1n) is 9.07. The Morgan fingerprint density at radius 3 is 2.48 bits per heavy atom. The number of carbonyl (C=O) groups is 1. The van der Waals surface area contributed by atoms with Crippen LogP contribution in [0.5, 0.6) is 17.2 Å². The van der Waals surface area contributed by atoms with Crippen molar-refractivity contribution in [3.05, 3.63) is 52.1 Å². The molecule has 2 rings (SSSR count). The van der Waals surface area contributed by atoms with Crippen LogP contribution in [0.25, 0.3) is 0 Å². The molecule has 0 saturated carbocycles. The second-order valence-electron chi connectivity index (χ2n) is 5.83. The molecule has 0 fully saturated rings. The number of nitro groups is 1. The summed E-state index contributed by atoms with van der Waals surface area (Å²) >= 11 is 1.35. The van der Waals surface area contributed by atoms with E-state index in [0.717, 1.165) is 5.56 Å². The SMILES string of the molecule is CCOc1ccc(OCC)c(NC(=O)CSCc2ccc(OC)c([N+](=O)[O-])c2)c1. The second kappa shape index (κ2) is 11.2. The monoisotopic (exact) mass is 420 g/mol. The van der Waals surface area contributed by atoms with Crippen molar-refractivity contribution in [1.82, 2.24) is 0 Å². The average Bonchev–Trinajstić information content (AvgIpc) is 2.70. The van der Waals surface area contributed by atoms with Crippen molar-refractivity contribution in [2.45, 2.75) is 19.6 Å². The van der Waals surface area contributed by atoms with E-state index in [1.807, 2.05) is 13.8 Å². The lowest BCUT2D eigenvalue weighted by atomic mass is 10.2. The Hall–Kier alpha value is -2.94. The third-order valence-electron chi connectivity index (χ3n) is 3.78. The van der Waals surface area contributed by atoms with E-state index in [9.17, 15) is 14.9 Å². The summed E-state index contributed by atoms with van der Waals surface area (Å²) in [4.78, 5) is 23.0. The predicted molar refractivity (Wildman–Crippen MR) is 113 cm³/mol. The zero-order valence-electron chi connectivity index (χ0n) is 16.6. The summed E-state index contributed by atoms with van der Waals surface area (Å²) in [5, 5.41) is 13.9. The zero-order chi connectivity index (χ0) is 21.2. The van der Waals surface area contributed by atoms with Crippen LogP contribution < -0.4 is 19.5 Å². The molecule has 29 heavy (non-hydrogen) atoms. The van der Waals surface area contributed by atoms with Gasteiger partial charge in [-0.3, -0.25) is 14.9 Å². The van der Waals surface area contributed by atoms with Crippen LogP contribution in [-0.4, -0.2) is 36.9 Å². The number of ether oxygens (including phenoxy) is 3. The van der Waals surface area contributed by atoms with Crippen LogP contribution in [-0.2, 0) is 10.5 Å². The minimum absolute atomic E-state index is 0.0934. The maximum Gasteiger partial charge on any atom is 0.311 e. The molecule has 9 heteroatoms. The number of carbonyl (C=O) groups excluding carboxylic acids is 1. The van der Waals surface area contributed by atoms with E-state index in [1.54, 1.807) is 30.3 Å². The molecule has 0 aliphatic heterocycles. The molecule has 0 unspecified atom stereocenters. The molecule has 8 nitrogen and oxygen atoms in total. The fourth-order valence-corrected chi connectivity index (χ4v) is 3.34. The summed E-state index contributed by atoms with van der Waals surface area (Å²) in [6, 6.07) is 10.0. The Bertz CT molecular complexity index is 859. The van der Waals surface area contributed by atoms with Gasteiger partial charge in [-0.1, -0.05) is 6.07 Å². The summed E-state index contributed by atoms with van der Waals surface area (Å²) < 4.78 is 16.0. The van der Waals surface area contributed by atoms with Crippen LogP contribution in [0, 0.1) is 10.1 Å². The van der Waals surface area contributed by atoms with Crippen molar-refractivity contribution in [2.75, 3.05) is 31.4 Å². The van der Waals surface area contributed by atoms with E-state index in [2.05, 4.69) is 5.32 Å². The van der Waals surface area contributed by atoms with Crippen molar-refractivity contribution < 1.29 is 23.9 Å². The van der Waals surface area contributed by atoms with Crippen molar-refractivity contribution in [2.24, 2.45) is 0 Å². The van der Waals surface area contributed by atoms with Gasteiger partial charge in [0.05, 0.1) is 36.7 Å². The summed E-state index contributed by atoms with van der Waals surface area (Å²) in [5.41, 5.74) is 1.19. The van der Waals surface area contributed by atoms with Gasteiger partial charge in [0.25, 0.3) is 0 Å². The topological polar surface area (TPSA) is 99.9 Å². The molecule has 0 spiro atoms. The first-order chi connectivity index (χ1) is 14.0. The standard InChI is InChI=1S/C20H24N2O6S/c1-4-27-15-7-9-18(28-5-2)16(11-15)21-20(23)13-29-12-14-6-8-19(26-3)17(10-14)22(24)25/h6-11H,4-5,12-13H2,1-3H3,(H,21,23). The lowest BCUT2D eigenvalue weighted by Gasteiger charge is -2.13. The van der Waals surface area contributed by atoms with E-state index < -0.39 is 4.92 Å². The van der Waals surface area contributed by atoms with Gasteiger partial charge in [-0.25, -0.2) is 0 Å². The molecule has 0 aliphatic carbocycles. The molecular weight excluding hydrogens is 396 g/mol. The summed E-state index contributed by atoms with van der Waals surface area (Å²) in [7, 11) is 1.39. The predicted octanol–water partition coefficient (Wildman–Crippen LogP) is 4.27. The summed E-state index contributed by atoms with van der Waals surface area (Å²) in [6.45, 7) is 4.74. The number of hydrogen-bond donors (Lipinski definition) is 1. The van der Waals surface area contributed by atoms with Gasteiger partial charge >= 0.3 is 5.69 Å². The number of hydrogen-bond acceptors (Lipinski definition) is 7. The molecule has 0 bridgehead atoms. The Morgan fingerprint density at radius 1 is 1.10 bits per heavy atom. The van der Waals surface area contributed by atoms with Crippen LogP contribution in [0.4, 0.5) is 11.4 Å². The number of nitrogens with one attached hydrogen (secondary N) is 1. The van der Waals surface area contributed by atoms with E-state index >= 15 is 0 Å². The van der Waals surface area contributed by atoms with Crippen LogP contribution in [0.3, 0.4) is 0 Å². The number of rotatable bonds is 11. The van der Waals surface area contributed by atoms with E-state index in [4.69, 9.17) is 14.2 Å². The highest BCUT2D eigenvalue weighted by Crippen LogP contribution is 2.31. The molecule has 1 amide bonds. The smallest absolute Gasteiger partial charge is 0.311 e. The minimum atomic E-state index is -0.486. The third kappa shape index (κ3) is 6.56. The van der Waals surface area contributed by atoms with Crippen LogP contribution >= 0.6 is 11.8 Å². The number of nitro benzene ring substituents is 1. The molecule has 0 aliphatic rings. The normalized spacial score (nSPS) is 10.3. The first-order valence-corrected chi connectivity index (χ1v) is 10.2. The number of anilines is 1. The molecule has 0 radical (unpaired) electrons. The summed E-state index contributed by atoms with van der Waals surface area (Å²) in [5.74, 6) is 1.86. The van der Waals surface area contributed by atoms with E-state index in [-0.39, 0.29) is 23.1 Å². The molecule has 0 atom stereocenters. The average molecular weight is 420 g/mol. The highest BCUT2D eigenvalue weighted by atomic mass is 32.2. The zero-order valence-corrected chi connectivity index (χ0v) is 17.4. The van der Waals surface area contributed by atoms with Crippen molar-refractivity contribution in [3.8, 4) is 17.2 Å². The number of methoxy groups -OCH3 is 1. The molecule has 2 aromatic rings. The first kappa shape index (κ1) is 22.4. The largest absolute Gasteiger partial charge is 0.494 e. The van der Waals surface area contributed by atoms with Gasteiger partial charge in [-0.15, -0.1) is 11.8 Å². The van der Waals surface area contributed by atoms with Gasteiger partial charge in [0.15, 0.2) is 5.75 Å². The molecule has 0 saturated heterocycles. The van der Waals surface area contributed by atoms with Gasteiger partial charge in [0.1, 0.15) is 11.5 Å². The summed E-state index contributed by atoms with van der Waals surface area (Å²) in [6.07, 6.45) is 0. The van der Waals surface area contributed by atoms with Crippen LogP contribution in [0.2, 0.25) is 0 Å². The highest BCUT2D eigenvalue weighted by molar-refractivity contribution is 7.99. The number of nitrogens with zero attached hydrogens (tertiary/aromatic N) is 1. The van der Waals surface area contributed by atoms with Crippen LogP contribution in [0.15, 0.2) is 36.4 Å². The van der Waals surface area contributed by atoms with Gasteiger partial charge in [0, 0.05) is 17.9 Å². The number of benzene rings is 2. The lowest BCUT2D eigenvalue weighted by molar-refractivity contribution is -0.385. The molecule has 156 valence electrons. The molecular formula is C20H24N2O6S. The number of thioether (sulfide) groups is 1. The molecule has 2 aromatic carbocycles. The van der Waals surface area contributed by atoms with E-state index in [0.29, 0.717) is 36.2 Å². The fourth-order valence-electron chi connectivity index (χ4n) is 2.56. The quantitative estimate of drug-likeness (QED) is 0.428. The Balaban J connectivity index is 1.97. The van der Waals surface area contributed by atoms with Crippen molar-refractivity contribution >= 4 is 29.0 Å². The van der Waals surface area contributed by atoms with Gasteiger partial charge < -0.3 is 19.5 Å². The second-order valence-corrected chi connectivity index (χ2v) is 6.81. The number of amides is 1. The van der Waals surface area contributed by atoms with Crippen molar-refractivity contribution in [3.63, 3.8) is 0 Å². The lowest BCUT2D eigenvalue weighted by Crippen LogP contribution is -2.15. The molecule has 1 N–H and O–H groups in total. The fraction of sp³-hybridized carbons (Fsp3) is 0.350. The minimum Gasteiger partial charge on any atom is -0.494 e.